The number of carboxylic acids is 2. The fourth-order valence-corrected chi connectivity index (χ4v) is 1.93. The van der Waals surface area contributed by atoms with E-state index < -0.39 is 17.9 Å². The molecule has 0 aliphatic heterocycles. The van der Waals surface area contributed by atoms with E-state index in [1.165, 1.54) is 12.8 Å². The molecule has 4 N–H and O–H groups in total. The largest absolute Gasteiger partial charge is 2.00 e. The van der Waals surface area contributed by atoms with Crippen molar-refractivity contribution in [2.24, 2.45) is 11.8 Å². The zero-order valence-corrected chi connectivity index (χ0v) is 14.1. The fourth-order valence-electron chi connectivity index (χ4n) is 1.93. The standard InChI is InChI=1S/C7H12O4.C6H12N2.CH4.Pt/c1-4(2)5(7(10)11)3-6(8)9;7-5-3-1-2-4-6(5)8;;/h4-5H,3H2,1-2H3,(H,8,9)(H,10,11);5-8H,1-4H2;1H4;/q;-2;;+2. The van der Waals surface area contributed by atoms with Crippen LogP contribution in [0.2, 0.25) is 0 Å². The van der Waals surface area contributed by atoms with Gasteiger partial charge in [-0.3, -0.25) is 9.59 Å². The third-order valence-corrected chi connectivity index (χ3v) is 3.28. The van der Waals surface area contributed by atoms with Crippen LogP contribution in [0.1, 0.15) is 53.4 Å². The molecule has 0 aromatic carbocycles. The summed E-state index contributed by atoms with van der Waals surface area (Å²) < 4.78 is 0. The molecule has 3 unspecified atom stereocenters. The van der Waals surface area contributed by atoms with Crippen LogP contribution in [0.25, 0.3) is 11.5 Å². The minimum absolute atomic E-state index is 0. The van der Waals surface area contributed by atoms with Crippen molar-refractivity contribution in [1.29, 1.82) is 0 Å². The van der Waals surface area contributed by atoms with Crippen molar-refractivity contribution >= 4 is 11.9 Å². The Kier molecular flexibility index (Phi) is 16.1. The molecule has 3 atom stereocenters. The average Bonchev–Trinajstić information content (AvgIpc) is 2.30. The van der Waals surface area contributed by atoms with Crippen molar-refractivity contribution in [3.05, 3.63) is 11.5 Å². The van der Waals surface area contributed by atoms with Gasteiger partial charge in [0.2, 0.25) is 0 Å². The summed E-state index contributed by atoms with van der Waals surface area (Å²) in [4.78, 5) is 20.6. The molecule has 1 aliphatic carbocycles. The van der Waals surface area contributed by atoms with Gasteiger partial charge in [0.15, 0.2) is 0 Å². The molecular formula is C14H28N2O4Pt. The van der Waals surface area contributed by atoms with E-state index in [4.69, 9.17) is 21.7 Å². The summed E-state index contributed by atoms with van der Waals surface area (Å²) in [6, 6.07) is -0.160. The molecule has 0 aromatic heterocycles. The normalized spacial score (nSPS) is 22.0. The third kappa shape index (κ3) is 11.8. The van der Waals surface area contributed by atoms with Crippen LogP contribution in [0.15, 0.2) is 0 Å². The van der Waals surface area contributed by atoms with Crippen molar-refractivity contribution in [2.45, 2.75) is 65.5 Å². The van der Waals surface area contributed by atoms with Crippen LogP contribution in [0, 0.1) is 11.8 Å². The van der Waals surface area contributed by atoms with Gasteiger partial charge in [-0.25, -0.2) is 0 Å². The molecule has 0 radical (unpaired) electrons. The minimum Gasteiger partial charge on any atom is -0.676 e. The van der Waals surface area contributed by atoms with E-state index in [0.29, 0.717) is 0 Å². The molecule has 1 fully saturated rings. The van der Waals surface area contributed by atoms with E-state index in [-0.39, 0.29) is 52.9 Å². The molecule has 0 aromatic rings. The van der Waals surface area contributed by atoms with Gasteiger partial charge in [0.05, 0.1) is 12.3 Å². The number of carbonyl (C=O) groups is 2. The van der Waals surface area contributed by atoms with Gasteiger partial charge in [0.25, 0.3) is 0 Å². The number of aliphatic carboxylic acids is 2. The first-order valence-electron chi connectivity index (χ1n) is 6.62. The summed E-state index contributed by atoms with van der Waals surface area (Å²) in [5.41, 5.74) is 14.6. The fraction of sp³-hybridized carbons (Fsp3) is 0.857. The van der Waals surface area contributed by atoms with Crippen molar-refractivity contribution in [3.8, 4) is 0 Å². The minimum atomic E-state index is -1.06. The van der Waals surface area contributed by atoms with Crippen LogP contribution in [0.3, 0.4) is 0 Å². The van der Waals surface area contributed by atoms with Crippen molar-refractivity contribution in [1.82, 2.24) is 0 Å². The smallest absolute Gasteiger partial charge is 0.676 e. The summed E-state index contributed by atoms with van der Waals surface area (Å²) in [7, 11) is 0. The second kappa shape index (κ2) is 13.2. The number of hydrogen-bond donors (Lipinski definition) is 2. The van der Waals surface area contributed by atoms with Gasteiger partial charge in [-0.05, 0) is 5.92 Å². The van der Waals surface area contributed by atoms with E-state index >= 15 is 0 Å². The van der Waals surface area contributed by atoms with Crippen LogP contribution in [-0.2, 0) is 30.7 Å². The Balaban J connectivity index is -0.000000291. The Morgan fingerprint density at radius 1 is 1.10 bits per heavy atom. The third-order valence-electron chi connectivity index (χ3n) is 3.28. The molecule has 1 rings (SSSR count). The van der Waals surface area contributed by atoms with Crippen molar-refractivity contribution < 1.29 is 40.9 Å². The second-order valence-electron chi connectivity index (χ2n) is 5.28. The Labute approximate surface area is 141 Å². The van der Waals surface area contributed by atoms with Crippen molar-refractivity contribution in [2.75, 3.05) is 0 Å². The monoisotopic (exact) mass is 483 g/mol. The molecule has 0 heterocycles. The second-order valence-corrected chi connectivity index (χ2v) is 5.28. The Hall–Kier alpha value is -0.452. The Morgan fingerprint density at radius 2 is 1.48 bits per heavy atom. The quantitative estimate of drug-likeness (QED) is 0.631. The van der Waals surface area contributed by atoms with Gasteiger partial charge in [-0.15, -0.1) is 0 Å². The van der Waals surface area contributed by atoms with E-state index in [2.05, 4.69) is 0 Å². The molecule has 6 nitrogen and oxygen atoms in total. The number of hydrogen-bond acceptors (Lipinski definition) is 2. The Bertz CT molecular complexity index is 291. The number of carboxylic acid groups (broad SMARTS) is 2. The summed E-state index contributed by atoms with van der Waals surface area (Å²) in [6.45, 7) is 3.39. The van der Waals surface area contributed by atoms with E-state index in [1.807, 2.05) is 0 Å². The van der Waals surface area contributed by atoms with Gasteiger partial charge in [-0.1, -0.05) is 47.0 Å². The van der Waals surface area contributed by atoms with Crippen LogP contribution in [0.4, 0.5) is 0 Å². The molecule has 1 saturated carbocycles. The summed E-state index contributed by atoms with van der Waals surface area (Å²) in [5, 5.41) is 16.8. The van der Waals surface area contributed by atoms with Gasteiger partial charge >= 0.3 is 33.0 Å². The van der Waals surface area contributed by atoms with Gasteiger partial charge < -0.3 is 21.7 Å². The van der Waals surface area contributed by atoms with Crippen LogP contribution >= 0.6 is 0 Å². The average molecular weight is 483 g/mol. The zero-order chi connectivity index (χ0) is 15.0. The summed E-state index contributed by atoms with van der Waals surface area (Å²) in [5.74, 6) is -3.01. The first kappa shape index (κ1) is 25.5. The maximum atomic E-state index is 10.4. The van der Waals surface area contributed by atoms with Gasteiger partial charge in [0, 0.05) is 0 Å². The van der Waals surface area contributed by atoms with Gasteiger partial charge in [0.1, 0.15) is 0 Å². The first-order chi connectivity index (χ1) is 8.75. The molecule has 128 valence electrons. The first-order valence-corrected chi connectivity index (χ1v) is 6.62. The molecule has 0 spiro atoms. The molecule has 7 heteroatoms. The zero-order valence-electron chi connectivity index (χ0n) is 11.9. The molecule has 0 bridgehead atoms. The van der Waals surface area contributed by atoms with E-state index in [9.17, 15) is 9.59 Å². The van der Waals surface area contributed by atoms with Crippen LogP contribution in [-0.4, -0.2) is 34.2 Å². The number of nitrogens with one attached hydrogen (secondary N) is 2. The SMILES string of the molecule is C.CC(C)C(CC(=O)O)C(=O)O.[NH-]C1CCCCC1[NH-].[Pt+2]. The topological polar surface area (TPSA) is 122 Å². The van der Waals surface area contributed by atoms with E-state index in [0.717, 1.165) is 12.8 Å². The maximum absolute atomic E-state index is 10.4. The maximum Gasteiger partial charge on any atom is 2.00 e. The van der Waals surface area contributed by atoms with Crippen LogP contribution < -0.4 is 0 Å². The van der Waals surface area contributed by atoms with Crippen molar-refractivity contribution in [3.63, 3.8) is 0 Å². The van der Waals surface area contributed by atoms with E-state index in [1.54, 1.807) is 13.8 Å². The van der Waals surface area contributed by atoms with Gasteiger partial charge in [-0.2, -0.15) is 12.1 Å². The molecule has 21 heavy (non-hydrogen) atoms. The predicted octanol–water partition coefficient (Wildman–Crippen LogP) is 3.85. The molecule has 0 saturated heterocycles. The summed E-state index contributed by atoms with van der Waals surface area (Å²) in [6.07, 6.45) is 3.95. The van der Waals surface area contributed by atoms with Crippen LogP contribution in [0.5, 0.6) is 0 Å². The Morgan fingerprint density at radius 3 is 1.62 bits per heavy atom. The summed E-state index contributed by atoms with van der Waals surface area (Å²) >= 11 is 0. The molecule has 1 aliphatic rings. The number of rotatable bonds is 4. The predicted molar refractivity (Wildman–Crippen MR) is 79.6 cm³/mol. The molecular weight excluding hydrogens is 455 g/mol. The molecule has 0 amide bonds.